The summed E-state index contributed by atoms with van der Waals surface area (Å²) in [6.45, 7) is 12.3. The van der Waals surface area contributed by atoms with Crippen molar-refractivity contribution >= 4 is 10.3 Å². The molecule has 1 aliphatic heterocycles. The van der Waals surface area contributed by atoms with Crippen molar-refractivity contribution in [2.75, 3.05) is 6.54 Å². The van der Waals surface area contributed by atoms with Crippen LogP contribution < -0.4 is 4.72 Å². The normalized spacial score (nSPS) is 21.9. The van der Waals surface area contributed by atoms with E-state index in [9.17, 15) is 8.42 Å². The van der Waals surface area contributed by atoms with Gasteiger partial charge in [0.2, 0.25) is 0 Å². The van der Waals surface area contributed by atoms with Gasteiger partial charge in [-0.3, -0.25) is 0 Å². The van der Waals surface area contributed by atoms with E-state index in [1.807, 2.05) is 20.8 Å². The van der Waals surface area contributed by atoms with Gasteiger partial charge in [0.25, 0.3) is 0 Å². The SMILES string of the molecule is CC(C)(C)C1=C(C(C)(C)C)OS(=O)(=O)NC1. The molecular weight excluding hydrogens is 226 g/mol. The maximum absolute atomic E-state index is 11.4. The van der Waals surface area contributed by atoms with Gasteiger partial charge >= 0.3 is 10.3 Å². The average Bonchev–Trinajstić information content (AvgIpc) is 1.97. The van der Waals surface area contributed by atoms with Crippen molar-refractivity contribution in [3.05, 3.63) is 11.3 Å². The van der Waals surface area contributed by atoms with Crippen molar-refractivity contribution in [3.8, 4) is 0 Å². The van der Waals surface area contributed by atoms with Gasteiger partial charge in [0.1, 0.15) is 5.76 Å². The smallest absolute Gasteiger partial charge is 0.375 e. The number of hydrogen-bond acceptors (Lipinski definition) is 3. The third kappa shape index (κ3) is 2.98. The number of nitrogens with one attached hydrogen (secondary N) is 1. The van der Waals surface area contributed by atoms with Crippen LogP contribution >= 0.6 is 0 Å². The Balaban J connectivity index is 3.32. The molecule has 0 amide bonds. The number of allylic oxidation sites excluding steroid dienone is 1. The molecule has 1 aliphatic rings. The monoisotopic (exact) mass is 247 g/mol. The van der Waals surface area contributed by atoms with E-state index in [-0.39, 0.29) is 10.8 Å². The van der Waals surface area contributed by atoms with Gasteiger partial charge < -0.3 is 4.18 Å². The third-order valence-corrected chi connectivity index (χ3v) is 3.36. The molecule has 0 aliphatic carbocycles. The fourth-order valence-electron chi connectivity index (χ4n) is 1.61. The summed E-state index contributed by atoms with van der Waals surface area (Å²) in [5.74, 6) is 0.568. The molecule has 0 spiro atoms. The molecule has 4 nitrogen and oxygen atoms in total. The van der Waals surface area contributed by atoms with Crippen molar-refractivity contribution in [2.24, 2.45) is 10.8 Å². The second-order valence-electron chi connectivity index (χ2n) is 6.17. The molecule has 1 rings (SSSR count). The molecule has 0 aromatic rings. The van der Waals surface area contributed by atoms with Gasteiger partial charge in [0.15, 0.2) is 0 Å². The molecule has 1 N–H and O–H groups in total. The molecule has 94 valence electrons. The summed E-state index contributed by atoms with van der Waals surface area (Å²) < 4.78 is 30.4. The van der Waals surface area contributed by atoms with Gasteiger partial charge in [-0.25, -0.2) is 0 Å². The van der Waals surface area contributed by atoms with Crippen LogP contribution in [0.2, 0.25) is 0 Å². The summed E-state index contributed by atoms with van der Waals surface area (Å²) in [6, 6.07) is 0. The first-order valence-corrected chi connectivity index (χ1v) is 6.77. The summed E-state index contributed by atoms with van der Waals surface area (Å²) >= 11 is 0. The van der Waals surface area contributed by atoms with E-state index in [0.29, 0.717) is 12.3 Å². The van der Waals surface area contributed by atoms with Crippen LogP contribution in [0.3, 0.4) is 0 Å². The van der Waals surface area contributed by atoms with Crippen molar-refractivity contribution in [3.63, 3.8) is 0 Å². The first-order valence-electron chi connectivity index (χ1n) is 5.37. The first kappa shape index (κ1) is 13.5. The van der Waals surface area contributed by atoms with Crippen LogP contribution in [0.15, 0.2) is 11.3 Å². The quantitative estimate of drug-likeness (QED) is 0.714. The van der Waals surface area contributed by atoms with E-state index in [4.69, 9.17) is 4.18 Å². The largest absolute Gasteiger partial charge is 0.382 e. The van der Waals surface area contributed by atoms with E-state index in [2.05, 4.69) is 25.5 Å². The lowest BCUT2D eigenvalue weighted by molar-refractivity contribution is 0.258. The zero-order valence-electron chi connectivity index (χ0n) is 10.8. The molecule has 0 aromatic carbocycles. The van der Waals surface area contributed by atoms with Crippen molar-refractivity contribution < 1.29 is 12.6 Å². The Morgan fingerprint density at radius 3 is 1.94 bits per heavy atom. The molecule has 16 heavy (non-hydrogen) atoms. The molecule has 5 heteroatoms. The van der Waals surface area contributed by atoms with E-state index < -0.39 is 10.3 Å². The standard InChI is InChI=1S/C11H21NO3S/c1-10(2,3)8-7-12-16(13,14)15-9(8)11(4,5)6/h12H,7H2,1-6H3. The molecular formula is C11H21NO3S. The molecule has 0 saturated heterocycles. The van der Waals surface area contributed by atoms with Gasteiger partial charge in [0.05, 0.1) is 0 Å². The number of hydrogen-bond donors (Lipinski definition) is 1. The Morgan fingerprint density at radius 1 is 1.06 bits per heavy atom. The van der Waals surface area contributed by atoms with Gasteiger partial charge in [-0.1, -0.05) is 41.5 Å². The van der Waals surface area contributed by atoms with Gasteiger partial charge in [-0.15, -0.1) is 0 Å². The van der Waals surface area contributed by atoms with E-state index in [1.54, 1.807) is 0 Å². The maximum Gasteiger partial charge on any atom is 0.382 e. The van der Waals surface area contributed by atoms with Crippen LogP contribution in [0.1, 0.15) is 41.5 Å². The summed E-state index contributed by atoms with van der Waals surface area (Å²) in [5.41, 5.74) is 0.596. The summed E-state index contributed by atoms with van der Waals surface area (Å²) in [4.78, 5) is 0. The lowest BCUT2D eigenvalue weighted by Gasteiger charge is -2.35. The summed E-state index contributed by atoms with van der Waals surface area (Å²) in [6.07, 6.45) is 0. The van der Waals surface area contributed by atoms with E-state index in [0.717, 1.165) is 5.57 Å². The molecule has 0 aromatic heterocycles. The minimum atomic E-state index is -3.62. The van der Waals surface area contributed by atoms with Gasteiger partial charge in [0, 0.05) is 12.0 Å². The van der Waals surface area contributed by atoms with Crippen LogP contribution in [0.5, 0.6) is 0 Å². The van der Waals surface area contributed by atoms with Crippen molar-refractivity contribution in [2.45, 2.75) is 41.5 Å². The van der Waals surface area contributed by atoms with Crippen LogP contribution in [0.4, 0.5) is 0 Å². The van der Waals surface area contributed by atoms with E-state index in [1.165, 1.54) is 0 Å². The fraction of sp³-hybridized carbons (Fsp3) is 0.818. The highest BCUT2D eigenvalue weighted by atomic mass is 32.2. The molecule has 0 unspecified atom stereocenters. The van der Waals surface area contributed by atoms with Crippen LogP contribution in [0.25, 0.3) is 0 Å². The minimum absolute atomic E-state index is 0.106. The Labute approximate surface area is 98.3 Å². The molecule has 0 fully saturated rings. The number of rotatable bonds is 0. The van der Waals surface area contributed by atoms with Crippen LogP contribution in [-0.2, 0) is 14.5 Å². The molecule has 0 saturated carbocycles. The van der Waals surface area contributed by atoms with Crippen LogP contribution in [0, 0.1) is 10.8 Å². The lowest BCUT2D eigenvalue weighted by atomic mass is 9.79. The molecule has 0 bridgehead atoms. The Kier molecular flexibility index (Phi) is 3.16. The van der Waals surface area contributed by atoms with Crippen molar-refractivity contribution in [1.29, 1.82) is 0 Å². The second kappa shape index (κ2) is 3.74. The lowest BCUT2D eigenvalue weighted by Crippen LogP contribution is -2.39. The molecule has 0 atom stereocenters. The predicted octanol–water partition coefficient (Wildman–Crippen LogP) is 2.20. The highest BCUT2D eigenvalue weighted by Crippen LogP contribution is 2.39. The maximum atomic E-state index is 11.4. The van der Waals surface area contributed by atoms with Crippen molar-refractivity contribution in [1.82, 2.24) is 4.72 Å². The topological polar surface area (TPSA) is 55.4 Å². The molecule has 0 radical (unpaired) electrons. The Bertz CT molecular complexity index is 407. The summed E-state index contributed by atoms with van der Waals surface area (Å²) in [5, 5.41) is 0. The van der Waals surface area contributed by atoms with Gasteiger partial charge in [-0.05, 0) is 11.0 Å². The fourth-order valence-corrected chi connectivity index (χ4v) is 2.56. The van der Waals surface area contributed by atoms with Gasteiger partial charge in [-0.2, -0.15) is 13.1 Å². The third-order valence-electron chi connectivity index (χ3n) is 2.48. The van der Waals surface area contributed by atoms with E-state index >= 15 is 0 Å². The average molecular weight is 247 g/mol. The summed E-state index contributed by atoms with van der Waals surface area (Å²) in [7, 11) is -3.62. The highest BCUT2D eigenvalue weighted by molar-refractivity contribution is 7.84. The first-order chi connectivity index (χ1) is 6.93. The predicted molar refractivity (Wildman–Crippen MR) is 63.9 cm³/mol. The molecule has 1 heterocycles. The van der Waals surface area contributed by atoms with Crippen LogP contribution in [-0.4, -0.2) is 15.0 Å². The zero-order valence-corrected chi connectivity index (χ0v) is 11.7. The Morgan fingerprint density at radius 2 is 1.56 bits per heavy atom. The highest BCUT2D eigenvalue weighted by Gasteiger charge is 2.36. The zero-order chi connectivity index (χ0) is 12.8. The Hall–Kier alpha value is -0.550. The second-order valence-corrected chi connectivity index (χ2v) is 7.53. The minimum Gasteiger partial charge on any atom is -0.375 e.